The van der Waals surface area contributed by atoms with Crippen molar-refractivity contribution in [3.05, 3.63) is 96.3 Å². The number of allylic oxidation sites excluding steroid dienone is 1. The summed E-state index contributed by atoms with van der Waals surface area (Å²) < 4.78 is 2.14. The van der Waals surface area contributed by atoms with Crippen LogP contribution in [0.4, 0.5) is 11.8 Å². The number of amides is 1. The summed E-state index contributed by atoms with van der Waals surface area (Å²) >= 11 is 0. The molecular formula is C34H40N6O. The van der Waals surface area contributed by atoms with Gasteiger partial charge in [0.2, 0.25) is 5.95 Å². The fourth-order valence-electron chi connectivity index (χ4n) is 5.19. The van der Waals surface area contributed by atoms with E-state index in [-0.39, 0.29) is 5.91 Å². The Morgan fingerprint density at radius 2 is 1.78 bits per heavy atom. The summed E-state index contributed by atoms with van der Waals surface area (Å²) in [6.07, 6.45) is 12.2. The van der Waals surface area contributed by atoms with Gasteiger partial charge in [-0.1, -0.05) is 55.0 Å². The molecule has 2 heterocycles. The van der Waals surface area contributed by atoms with Crippen LogP contribution in [0, 0.1) is 25.2 Å². The van der Waals surface area contributed by atoms with Crippen LogP contribution in [0.1, 0.15) is 47.3 Å². The zero-order valence-corrected chi connectivity index (χ0v) is 24.3. The summed E-state index contributed by atoms with van der Waals surface area (Å²) in [5.41, 5.74) is 4.00. The van der Waals surface area contributed by atoms with Gasteiger partial charge in [0.15, 0.2) is 0 Å². The Morgan fingerprint density at radius 1 is 1.10 bits per heavy atom. The highest BCUT2D eigenvalue weighted by Gasteiger charge is 2.23. The van der Waals surface area contributed by atoms with Gasteiger partial charge in [0.25, 0.3) is 5.91 Å². The SMILES string of the molecule is C#CC=C.Cc1cc(C(=O)NCC2CCC(Nc3nc(N(C)C)c4ccccc4n3)CC2)cn1Cc1ccccc1. The third-order valence-electron chi connectivity index (χ3n) is 7.43. The van der Waals surface area contributed by atoms with Crippen LogP contribution in [-0.4, -0.2) is 47.1 Å². The van der Waals surface area contributed by atoms with Gasteiger partial charge < -0.3 is 20.1 Å². The highest BCUT2D eigenvalue weighted by molar-refractivity contribution is 5.94. The van der Waals surface area contributed by atoms with Gasteiger partial charge in [0.05, 0.1) is 11.1 Å². The second-order valence-electron chi connectivity index (χ2n) is 10.7. The molecule has 4 aromatic rings. The van der Waals surface area contributed by atoms with Gasteiger partial charge in [0, 0.05) is 50.5 Å². The zero-order valence-electron chi connectivity index (χ0n) is 24.3. The molecule has 2 aromatic heterocycles. The molecule has 1 fully saturated rings. The minimum absolute atomic E-state index is 0.0101. The molecule has 0 saturated heterocycles. The second-order valence-corrected chi connectivity index (χ2v) is 10.7. The number of carbonyl (C=O) groups is 1. The van der Waals surface area contributed by atoms with E-state index in [9.17, 15) is 4.79 Å². The Labute approximate surface area is 243 Å². The molecule has 41 heavy (non-hydrogen) atoms. The van der Waals surface area contributed by atoms with Crippen molar-refractivity contribution < 1.29 is 4.79 Å². The Hall–Kier alpha value is -4.57. The van der Waals surface area contributed by atoms with E-state index in [1.807, 2.05) is 67.7 Å². The summed E-state index contributed by atoms with van der Waals surface area (Å²) in [6, 6.07) is 20.8. The molecule has 212 valence electrons. The number of terminal acetylenes is 1. The Kier molecular flexibility index (Phi) is 10.2. The minimum atomic E-state index is 0.0101. The highest BCUT2D eigenvalue weighted by atomic mass is 16.1. The fourth-order valence-corrected chi connectivity index (χ4v) is 5.19. The maximum absolute atomic E-state index is 12.8. The number of anilines is 2. The fraction of sp³-hybridized carbons (Fsp3) is 0.324. The number of aromatic nitrogens is 3. The van der Waals surface area contributed by atoms with E-state index in [0.29, 0.717) is 24.5 Å². The van der Waals surface area contributed by atoms with Crippen molar-refractivity contribution in [2.24, 2.45) is 5.92 Å². The predicted molar refractivity (Wildman–Crippen MR) is 169 cm³/mol. The first-order chi connectivity index (χ1) is 19.9. The van der Waals surface area contributed by atoms with Crippen molar-refractivity contribution in [1.82, 2.24) is 19.9 Å². The van der Waals surface area contributed by atoms with Crippen LogP contribution in [0.25, 0.3) is 10.9 Å². The number of nitrogens with zero attached hydrogens (tertiary/aromatic N) is 4. The maximum atomic E-state index is 12.8. The second kappa shape index (κ2) is 14.2. The first-order valence-electron chi connectivity index (χ1n) is 14.1. The molecule has 0 radical (unpaired) electrons. The van der Waals surface area contributed by atoms with E-state index in [2.05, 4.69) is 59.2 Å². The summed E-state index contributed by atoms with van der Waals surface area (Å²) in [5, 5.41) is 7.80. The molecule has 0 bridgehead atoms. The molecule has 2 aromatic carbocycles. The summed E-state index contributed by atoms with van der Waals surface area (Å²) in [6.45, 7) is 6.78. The molecule has 0 aliphatic heterocycles. The number of benzene rings is 2. The monoisotopic (exact) mass is 548 g/mol. The maximum Gasteiger partial charge on any atom is 0.252 e. The molecule has 0 atom stereocenters. The van der Waals surface area contributed by atoms with Crippen molar-refractivity contribution in [2.75, 3.05) is 30.9 Å². The average Bonchev–Trinajstić information content (AvgIpc) is 3.36. The molecule has 0 spiro atoms. The van der Waals surface area contributed by atoms with Crippen molar-refractivity contribution in [2.45, 2.75) is 45.2 Å². The van der Waals surface area contributed by atoms with E-state index in [0.717, 1.165) is 60.2 Å². The Bertz CT molecular complexity index is 1490. The normalized spacial score (nSPS) is 16.1. The first-order valence-corrected chi connectivity index (χ1v) is 14.1. The van der Waals surface area contributed by atoms with Gasteiger partial charge in [0.1, 0.15) is 5.82 Å². The summed E-state index contributed by atoms with van der Waals surface area (Å²) in [5.74, 6) is 4.31. The number of hydrogen-bond donors (Lipinski definition) is 2. The quantitative estimate of drug-likeness (QED) is 0.262. The number of carbonyl (C=O) groups excluding carboxylic acids is 1. The van der Waals surface area contributed by atoms with E-state index in [1.54, 1.807) is 0 Å². The number of fused-ring (bicyclic) bond motifs is 1. The third-order valence-corrected chi connectivity index (χ3v) is 7.43. The van der Waals surface area contributed by atoms with E-state index >= 15 is 0 Å². The number of hydrogen-bond acceptors (Lipinski definition) is 5. The van der Waals surface area contributed by atoms with Crippen LogP contribution in [0.2, 0.25) is 0 Å². The van der Waals surface area contributed by atoms with Gasteiger partial charge in [-0.2, -0.15) is 4.98 Å². The molecule has 7 nitrogen and oxygen atoms in total. The van der Waals surface area contributed by atoms with Crippen LogP contribution >= 0.6 is 0 Å². The molecule has 1 amide bonds. The molecular weight excluding hydrogens is 508 g/mol. The molecule has 1 aliphatic rings. The highest BCUT2D eigenvalue weighted by Crippen LogP contribution is 2.28. The van der Waals surface area contributed by atoms with Crippen LogP contribution < -0.4 is 15.5 Å². The van der Waals surface area contributed by atoms with Gasteiger partial charge in [-0.15, -0.1) is 6.42 Å². The zero-order chi connectivity index (χ0) is 29.2. The number of rotatable bonds is 8. The number of aryl methyl sites for hydroxylation is 1. The lowest BCUT2D eigenvalue weighted by atomic mass is 9.86. The molecule has 7 heteroatoms. The van der Waals surface area contributed by atoms with Crippen molar-refractivity contribution in [3.8, 4) is 12.3 Å². The van der Waals surface area contributed by atoms with Crippen molar-refractivity contribution in [1.29, 1.82) is 0 Å². The molecule has 1 aliphatic carbocycles. The van der Waals surface area contributed by atoms with E-state index < -0.39 is 0 Å². The van der Waals surface area contributed by atoms with E-state index in [1.165, 1.54) is 11.6 Å². The van der Waals surface area contributed by atoms with Crippen LogP contribution in [-0.2, 0) is 6.54 Å². The summed E-state index contributed by atoms with van der Waals surface area (Å²) in [4.78, 5) is 24.4. The van der Waals surface area contributed by atoms with Gasteiger partial charge in [-0.3, -0.25) is 4.79 Å². The lowest BCUT2D eigenvalue weighted by molar-refractivity contribution is 0.0943. The first kappa shape index (κ1) is 29.4. The predicted octanol–water partition coefficient (Wildman–Crippen LogP) is 6.06. The van der Waals surface area contributed by atoms with Crippen LogP contribution in [0.5, 0.6) is 0 Å². The third kappa shape index (κ3) is 7.98. The number of nitrogens with one attached hydrogen (secondary N) is 2. The largest absolute Gasteiger partial charge is 0.362 e. The topological polar surface area (TPSA) is 75.1 Å². The molecule has 2 N–H and O–H groups in total. The Morgan fingerprint density at radius 3 is 2.46 bits per heavy atom. The standard InChI is InChI=1S/C30H36N6O.C4H4/c1-21-17-24(20-36(21)19-23-9-5-4-6-10-23)29(37)31-18-22-13-15-25(16-14-22)32-30-33-27-12-8-7-11-26(27)28(34-30)35(2)3;1-3-4-2/h4-12,17,20,22,25H,13-16,18-19H2,1-3H3,(H,31,37)(H,32,33,34);1,4H,2H2. The Balaban J connectivity index is 0.000000909. The smallest absolute Gasteiger partial charge is 0.252 e. The average molecular weight is 549 g/mol. The number of para-hydroxylation sites is 1. The van der Waals surface area contributed by atoms with Crippen LogP contribution in [0.15, 0.2) is 79.5 Å². The summed E-state index contributed by atoms with van der Waals surface area (Å²) in [7, 11) is 4.02. The van der Waals surface area contributed by atoms with E-state index in [4.69, 9.17) is 9.97 Å². The molecule has 5 rings (SSSR count). The van der Waals surface area contributed by atoms with Gasteiger partial charge in [-0.25, -0.2) is 4.98 Å². The lowest BCUT2D eigenvalue weighted by Gasteiger charge is -2.29. The minimum Gasteiger partial charge on any atom is -0.362 e. The van der Waals surface area contributed by atoms with Crippen molar-refractivity contribution in [3.63, 3.8) is 0 Å². The molecule has 0 unspecified atom stereocenters. The van der Waals surface area contributed by atoms with Crippen molar-refractivity contribution >= 4 is 28.6 Å². The lowest BCUT2D eigenvalue weighted by Crippen LogP contribution is -2.34. The molecule has 1 saturated carbocycles. The van der Waals surface area contributed by atoms with Gasteiger partial charge >= 0.3 is 0 Å². The van der Waals surface area contributed by atoms with Gasteiger partial charge in [-0.05, 0) is 68.4 Å². The van der Waals surface area contributed by atoms with Crippen LogP contribution in [0.3, 0.4) is 0 Å².